The van der Waals surface area contributed by atoms with Crippen LogP contribution in [0.4, 0.5) is 0 Å². The molecule has 2 rings (SSSR count). The summed E-state index contributed by atoms with van der Waals surface area (Å²) in [7, 11) is 1.32. The molecule has 0 saturated heterocycles. The van der Waals surface area contributed by atoms with Crippen molar-refractivity contribution in [2.24, 2.45) is 0 Å². The van der Waals surface area contributed by atoms with Gasteiger partial charge in [-0.25, -0.2) is 9.31 Å². The first-order valence-electron chi connectivity index (χ1n) is 4.12. The molecular formula is C9H9N3O2. The zero-order valence-corrected chi connectivity index (χ0v) is 7.89. The molecule has 0 amide bonds. The molecule has 2 heterocycles. The number of hydrogen-bond donors (Lipinski definition) is 0. The number of aromatic nitrogens is 3. The number of methoxy groups -OCH3 is 1. The summed E-state index contributed by atoms with van der Waals surface area (Å²) in [5.41, 5.74) is 1.96. The number of aryl methyl sites for hydroxylation is 1. The number of carbonyl (C=O) groups excluding carboxylic acids is 1. The number of fused-ring (bicyclic) bond motifs is 1. The number of nitrogens with zero attached hydrogens (tertiary/aromatic N) is 3. The predicted molar refractivity (Wildman–Crippen MR) is 49.1 cm³/mol. The van der Waals surface area contributed by atoms with Crippen molar-refractivity contribution >= 4 is 11.5 Å². The van der Waals surface area contributed by atoms with E-state index in [1.165, 1.54) is 7.11 Å². The zero-order chi connectivity index (χ0) is 10.1. The monoisotopic (exact) mass is 191 g/mol. The lowest BCUT2D eigenvalue weighted by Gasteiger charge is -1.96. The molecule has 0 spiro atoms. The molecular weight excluding hydrogens is 182 g/mol. The Hall–Kier alpha value is -1.91. The fourth-order valence-corrected chi connectivity index (χ4v) is 1.24. The number of pyridine rings is 1. The molecule has 0 aromatic carbocycles. The van der Waals surface area contributed by atoms with Crippen LogP contribution in [0, 0.1) is 6.92 Å². The largest absolute Gasteiger partial charge is 0.464 e. The Balaban J connectivity index is 2.67. The van der Waals surface area contributed by atoms with Crippen molar-refractivity contribution in [1.82, 2.24) is 14.8 Å². The fraction of sp³-hybridized carbons (Fsp3) is 0.222. The molecule has 14 heavy (non-hydrogen) atoms. The number of ether oxygens (including phenoxy) is 1. The SMILES string of the molecule is COC(=O)c1nnn2ccc(C)cc12. The van der Waals surface area contributed by atoms with E-state index in [2.05, 4.69) is 15.0 Å². The maximum Gasteiger partial charge on any atom is 0.360 e. The summed E-state index contributed by atoms with van der Waals surface area (Å²) < 4.78 is 6.13. The Kier molecular flexibility index (Phi) is 1.92. The molecule has 0 saturated carbocycles. The average molecular weight is 191 g/mol. The van der Waals surface area contributed by atoms with E-state index < -0.39 is 5.97 Å². The molecule has 0 aliphatic heterocycles. The lowest BCUT2D eigenvalue weighted by Crippen LogP contribution is -2.02. The summed E-state index contributed by atoms with van der Waals surface area (Å²) in [5, 5.41) is 7.54. The standard InChI is InChI=1S/C9H9N3O2/c1-6-3-4-12-7(5-6)8(10-11-12)9(13)14-2/h3-5H,1-2H3. The smallest absolute Gasteiger partial charge is 0.360 e. The molecule has 72 valence electrons. The van der Waals surface area contributed by atoms with Gasteiger partial charge in [-0.05, 0) is 24.6 Å². The predicted octanol–water partition coefficient (Wildman–Crippen LogP) is 0.824. The second-order valence-corrected chi connectivity index (χ2v) is 2.96. The lowest BCUT2D eigenvalue weighted by molar-refractivity contribution is 0.0596. The quantitative estimate of drug-likeness (QED) is 0.626. The van der Waals surface area contributed by atoms with Gasteiger partial charge in [-0.2, -0.15) is 0 Å². The van der Waals surface area contributed by atoms with Crippen LogP contribution in [0.1, 0.15) is 16.1 Å². The molecule has 0 aliphatic rings. The number of esters is 1. The summed E-state index contributed by atoms with van der Waals surface area (Å²) in [6.45, 7) is 1.94. The van der Waals surface area contributed by atoms with Crippen molar-refractivity contribution in [3.8, 4) is 0 Å². The van der Waals surface area contributed by atoms with Crippen LogP contribution in [-0.2, 0) is 4.74 Å². The summed E-state index contributed by atoms with van der Waals surface area (Å²) in [6, 6.07) is 3.73. The van der Waals surface area contributed by atoms with E-state index in [1.54, 1.807) is 10.7 Å². The first-order chi connectivity index (χ1) is 6.72. The second-order valence-electron chi connectivity index (χ2n) is 2.96. The van der Waals surface area contributed by atoms with E-state index >= 15 is 0 Å². The molecule has 2 aromatic rings. The average Bonchev–Trinajstić information content (AvgIpc) is 2.59. The maximum atomic E-state index is 11.3. The highest BCUT2D eigenvalue weighted by Crippen LogP contribution is 2.10. The minimum Gasteiger partial charge on any atom is -0.464 e. The first kappa shape index (κ1) is 8.68. The van der Waals surface area contributed by atoms with E-state index in [0.29, 0.717) is 5.52 Å². The molecule has 5 nitrogen and oxygen atoms in total. The van der Waals surface area contributed by atoms with Gasteiger partial charge >= 0.3 is 5.97 Å². The van der Waals surface area contributed by atoms with Gasteiger partial charge in [-0.15, -0.1) is 5.10 Å². The van der Waals surface area contributed by atoms with E-state index in [-0.39, 0.29) is 5.69 Å². The van der Waals surface area contributed by atoms with Crippen molar-refractivity contribution in [3.05, 3.63) is 29.6 Å². The highest BCUT2D eigenvalue weighted by atomic mass is 16.5. The molecule has 2 aromatic heterocycles. The van der Waals surface area contributed by atoms with Crippen LogP contribution in [-0.4, -0.2) is 27.9 Å². The summed E-state index contributed by atoms with van der Waals surface area (Å²) in [6.07, 6.45) is 1.75. The minimum atomic E-state index is -0.467. The molecule has 5 heteroatoms. The first-order valence-corrected chi connectivity index (χ1v) is 4.12. The van der Waals surface area contributed by atoms with Crippen molar-refractivity contribution in [2.45, 2.75) is 6.92 Å². The summed E-state index contributed by atoms with van der Waals surface area (Å²) in [4.78, 5) is 11.3. The van der Waals surface area contributed by atoms with Crippen molar-refractivity contribution in [3.63, 3.8) is 0 Å². The van der Waals surface area contributed by atoms with Gasteiger partial charge in [0.15, 0.2) is 5.69 Å². The van der Waals surface area contributed by atoms with Crippen LogP contribution < -0.4 is 0 Å². The van der Waals surface area contributed by atoms with Gasteiger partial charge in [0.2, 0.25) is 0 Å². The number of rotatable bonds is 1. The van der Waals surface area contributed by atoms with E-state index in [0.717, 1.165) is 5.56 Å². The van der Waals surface area contributed by atoms with Crippen LogP contribution in [0.15, 0.2) is 18.3 Å². The Labute approximate surface area is 80.3 Å². The normalized spacial score (nSPS) is 10.4. The Bertz CT molecular complexity index is 490. The number of hydrogen-bond acceptors (Lipinski definition) is 4. The molecule has 0 fully saturated rings. The molecule has 0 bridgehead atoms. The molecule has 0 radical (unpaired) electrons. The van der Waals surface area contributed by atoms with Gasteiger partial charge in [0, 0.05) is 6.20 Å². The van der Waals surface area contributed by atoms with Gasteiger partial charge < -0.3 is 4.74 Å². The van der Waals surface area contributed by atoms with Crippen LogP contribution >= 0.6 is 0 Å². The minimum absolute atomic E-state index is 0.246. The van der Waals surface area contributed by atoms with Gasteiger partial charge in [-0.1, -0.05) is 5.21 Å². The van der Waals surface area contributed by atoms with E-state index in [4.69, 9.17) is 0 Å². The summed E-state index contributed by atoms with van der Waals surface area (Å²) >= 11 is 0. The maximum absolute atomic E-state index is 11.3. The van der Waals surface area contributed by atoms with Crippen LogP contribution in [0.3, 0.4) is 0 Å². The highest BCUT2D eigenvalue weighted by molar-refractivity contribution is 5.94. The second kappa shape index (κ2) is 3.10. The fourth-order valence-electron chi connectivity index (χ4n) is 1.24. The molecule has 0 unspecified atom stereocenters. The van der Waals surface area contributed by atoms with E-state index in [9.17, 15) is 4.79 Å². The third kappa shape index (κ3) is 1.22. The Morgan fingerprint density at radius 3 is 3.07 bits per heavy atom. The lowest BCUT2D eigenvalue weighted by atomic mass is 10.2. The van der Waals surface area contributed by atoms with Crippen LogP contribution in [0.2, 0.25) is 0 Å². The Morgan fingerprint density at radius 1 is 1.57 bits per heavy atom. The van der Waals surface area contributed by atoms with Gasteiger partial charge in [0.25, 0.3) is 0 Å². The third-order valence-corrected chi connectivity index (χ3v) is 1.95. The van der Waals surface area contributed by atoms with Gasteiger partial charge in [0.05, 0.1) is 7.11 Å². The van der Waals surface area contributed by atoms with Crippen LogP contribution in [0.25, 0.3) is 5.52 Å². The molecule has 0 atom stereocenters. The zero-order valence-electron chi connectivity index (χ0n) is 7.89. The van der Waals surface area contributed by atoms with Crippen LogP contribution in [0.5, 0.6) is 0 Å². The number of carbonyl (C=O) groups is 1. The Morgan fingerprint density at radius 2 is 2.36 bits per heavy atom. The van der Waals surface area contributed by atoms with Crippen molar-refractivity contribution in [2.75, 3.05) is 7.11 Å². The summed E-state index contributed by atoms with van der Waals surface area (Å²) in [5.74, 6) is -0.467. The van der Waals surface area contributed by atoms with Crippen molar-refractivity contribution in [1.29, 1.82) is 0 Å². The van der Waals surface area contributed by atoms with Gasteiger partial charge in [-0.3, -0.25) is 0 Å². The van der Waals surface area contributed by atoms with E-state index in [1.807, 2.05) is 19.1 Å². The third-order valence-electron chi connectivity index (χ3n) is 1.95. The topological polar surface area (TPSA) is 56.5 Å². The van der Waals surface area contributed by atoms with Crippen molar-refractivity contribution < 1.29 is 9.53 Å². The molecule has 0 N–H and O–H groups in total. The van der Waals surface area contributed by atoms with Gasteiger partial charge in [0.1, 0.15) is 5.52 Å². The molecule has 0 aliphatic carbocycles. The highest BCUT2D eigenvalue weighted by Gasteiger charge is 2.14.